The number of amides is 1. The summed E-state index contributed by atoms with van der Waals surface area (Å²) in [5, 5.41) is 11.8. The van der Waals surface area contributed by atoms with Crippen molar-refractivity contribution in [2.45, 2.75) is 92.4 Å². The molecule has 6 aliphatic rings. The van der Waals surface area contributed by atoms with Gasteiger partial charge in [0.2, 0.25) is 5.91 Å². The van der Waals surface area contributed by atoms with Gasteiger partial charge in [-0.2, -0.15) is 5.48 Å². The summed E-state index contributed by atoms with van der Waals surface area (Å²) in [6.07, 6.45) is 7.35. The van der Waals surface area contributed by atoms with Crippen molar-refractivity contribution >= 4 is 23.5 Å². The molecule has 10 atom stereocenters. The number of thioether (sulfide) groups is 1. The molecule has 1 saturated carbocycles. The summed E-state index contributed by atoms with van der Waals surface area (Å²) in [5.74, 6) is -0.172. The van der Waals surface area contributed by atoms with Gasteiger partial charge in [-0.3, -0.25) is 19.7 Å². The minimum atomic E-state index is -0.459. The zero-order valence-corrected chi connectivity index (χ0v) is 23.3. The van der Waals surface area contributed by atoms with Crippen LogP contribution >= 0.6 is 11.8 Å². The molecule has 8 unspecified atom stereocenters. The Labute approximate surface area is 234 Å². The molecule has 0 bridgehead atoms. The zero-order chi connectivity index (χ0) is 26.9. The highest BCUT2D eigenvalue weighted by Gasteiger charge is 2.50. The highest BCUT2D eigenvalue weighted by atomic mass is 32.2. The van der Waals surface area contributed by atoms with Gasteiger partial charge in [0.15, 0.2) is 5.78 Å². The van der Waals surface area contributed by atoms with E-state index in [2.05, 4.69) is 32.1 Å². The maximum Gasteiger partial charge on any atom is 0.236 e. The molecule has 1 aliphatic carbocycles. The van der Waals surface area contributed by atoms with Crippen LogP contribution in [-0.4, -0.2) is 110 Å². The third-order valence-corrected chi connectivity index (χ3v) is 10.7. The van der Waals surface area contributed by atoms with Crippen molar-refractivity contribution < 1.29 is 29.6 Å². The molecule has 5 heterocycles. The first-order valence-electron chi connectivity index (χ1n) is 14.6. The average Bonchev–Trinajstić information content (AvgIpc) is 3.58. The number of carbonyl (C=O) groups excluding carboxylic acids is 2. The minimum absolute atomic E-state index is 0.0356. The first kappa shape index (κ1) is 27.9. The van der Waals surface area contributed by atoms with E-state index in [9.17, 15) is 9.59 Å². The number of hydrogen-bond acceptors (Lipinski definition) is 11. The lowest BCUT2D eigenvalue weighted by Gasteiger charge is -2.40. The number of rotatable bonds is 7. The molecule has 5 aliphatic heterocycles. The number of carbonyl (C=O) groups is 2. The van der Waals surface area contributed by atoms with E-state index in [1.54, 1.807) is 17.8 Å². The van der Waals surface area contributed by atoms with Gasteiger partial charge >= 0.3 is 0 Å². The van der Waals surface area contributed by atoms with Crippen molar-refractivity contribution in [2.75, 3.05) is 39.5 Å². The Morgan fingerprint density at radius 3 is 2.77 bits per heavy atom. The van der Waals surface area contributed by atoms with E-state index in [-0.39, 0.29) is 47.2 Å². The monoisotopic (exact) mass is 566 g/mol. The fourth-order valence-corrected chi connectivity index (χ4v) is 8.62. The van der Waals surface area contributed by atoms with E-state index in [4.69, 9.17) is 20.0 Å². The van der Waals surface area contributed by atoms with Crippen LogP contribution in [0.1, 0.15) is 38.5 Å². The molecule has 0 aromatic rings. The number of piperidine rings is 1. The van der Waals surface area contributed by atoms with Crippen LogP contribution in [0.4, 0.5) is 0 Å². The van der Waals surface area contributed by atoms with E-state index < -0.39 is 12.1 Å². The highest BCUT2D eigenvalue weighted by Crippen LogP contribution is 2.43. The molecule has 12 nitrogen and oxygen atoms in total. The fourth-order valence-electron chi connectivity index (χ4n) is 7.05. The van der Waals surface area contributed by atoms with Gasteiger partial charge in [-0.05, 0) is 19.3 Å². The Morgan fingerprint density at radius 1 is 1.15 bits per heavy atom. The summed E-state index contributed by atoms with van der Waals surface area (Å²) in [5.41, 5.74) is 13.4. The molecule has 0 spiro atoms. The largest absolute Gasteiger partial charge is 0.378 e. The van der Waals surface area contributed by atoms with Gasteiger partial charge in [0.05, 0.1) is 42.2 Å². The van der Waals surface area contributed by atoms with Gasteiger partial charge in [0, 0.05) is 62.6 Å². The normalized spacial score (nSPS) is 43.3. The second-order valence-corrected chi connectivity index (χ2v) is 13.1. The second-order valence-electron chi connectivity index (χ2n) is 11.9. The Bertz CT molecular complexity index is 936. The number of morpholine rings is 1. The van der Waals surface area contributed by atoms with Crippen molar-refractivity contribution in [3.05, 3.63) is 11.1 Å². The van der Waals surface area contributed by atoms with Crippen LogP contribution in [0, 0.1) is 5.92 Å². The molecule has 4 saturated heterocycles. The number of hydroxylamine groups is 1. The zero-order valence-electron chi connectivity index (χ0n) is 22.5. The van der Waals surface area contributed by atoms with E-state index >= 15 is 0 Å². The molecule has 0 radical (unpaired) electrons. The van der Waals surface area contributed by atoms with Gasteiger partial charge in [0.1, 0.15) is 18.4 Å². The molecule has 0 aromatic heterocycles. The average molecular weight is 567 g/mol. The number of hydrogen-bond donors (Lipinski definition) is 6. The van der Waals surface area contributed by atoms with Crippen molar-refractivity contribution in [3.63, 3.8) is 0 Å². The predicted octanol–water partition coefficient (Wildman–Crippen LogP) is -2.20. The lowest BCUT2D eigenvalue weighted by Crippen LogP contribution is -2.72. The Morgan fingerprint density at radius 2 is 1.97 bits per heavy atom. The molecular weight excluding hydrogens is 522 g/mol. The Kier molecular flexibility index (Phi) is 8.78. The number of nitrogens with two attached hydrogens (primary N) is 1. The van der Waals surface area contributed by atoms with Crippen LogP contribution in [0.25, 0.3) is 0 Å². The predicted molar refractivity (Wildman–Crippen MR) is 145 cm³/mol. The lowest BCUT2D eigenvalue weighted by atomic mass is 9.88. The number of primary amides is 1. The first-order chi connectivity index (χ1) is 19.0. The smallest absolute Gasteiger partial charge is 0.236 e. The molecule has 13 heteroatoms. The Hall–Kier alpha value is -1.29. The molecule has 218 valence electrons. The number of quaternary nitrogens is 1. The van der Waals surface area contributed by atoms with Gasteiger partial charge in [0.25, 0.3) is 0 Å². The third kappa shape index (κ3) is 6.16. The molecule has 9 N–H and O–H groups in total. The molecule has 1 amide bonds. The van der Waals surface area contributed by atoms with Crippen LogP contribution in [-0.2, 0) is 23.9 Å². The minimum Gasteiger partial charge on any atom is -0.378 e. The molecule has 39 heavy (non-hydrogen) atoms. The topological polar surface area (TPSA) is 167 Å². The van der Waals surface area contributed by atoms with Crippen LogP contribution < -0.4 is 32.9 Å². The summed E-state index contributed by atoms with van der Waals surface area (Å²) < 4.78 is 11.5. The van der Waals surface area contributed by atoms with Crippen LogP contribution in [0.5, 0.6) is 0 Å². The highest BCUT2D eigenvalue weighted by molar-refractivity contribution is 8.03. The van der Waals surface area contributed by atoms with E-state index in [0.29, 0.717) is 44.9 Å². The maximum absolute atomic E-state index is 12.9. The Balaban J connectivity index is 1.06. The second kappa shape index (κ2) is 12.3. The van der Waals surface area contributed by atoms with Crippen molar-refractivity contribution in [2.24, 2.45) is 11.7 Å². The van der Waals surface area contributed by atoms with Gasteiger partial charge < -0.3 is 36.5 Å². The number of nitrogens with zero attached hydrogens (tertiary/aromatic N) is 1. The van der Waals surface area contributed by atoms with Gasteiger partial charge in [-0.25, -0.2) is 0 Å². The van der Waals surface area contributed by atoms with E-state index in [1.807, 2.05) is 0 Å². The number of fused-ring (bicyclic) bond motifs is 1. The fraction of sp³-hybridized carbons (Fsp3) is 0.846. The van der Waals surface area contributed by atoms with Gasteiger partial charge in [-0.1, -0.05) is 6.42 Å². The van der Waals surface area contributed by atoms with Crippen molar-refractivity contribution in [3.8, 4) is 0 Å². The lowest BCUT2D eigenvalue weighted by molar-refractivity contribution is -0.431. The standard InChI is InChI=1S/C26H43N7O5S/c27-16-3-1-2-4-17(16)30-14-9-19(23(26(28)35)29-12-14)31-21-10-18(32-38-21)15-13-37-24-20(34)11-22(39-25(15)24)33-5-7-36-8-6-33/h11,14-19,21,23-25,29-32H,1-10,12-13,27H2,(H2,28,35)/p+1/t14?,15?,16-,17+,18?,19?,21?,23?,24?,25?/m1/s1. The molecule has 6 rings (SSSR count). The third-order valence-electron chi connectivity index (χ3n) is 9.25. The SMILES string of the molecule is NC(=O)C1NCC(N[C@H]2CCCC[C@H]2[NH3+])CC1NC1CC(C2COC3C(=O)C=C(N4CCOCC4)SC32)NO1. The van der Waals surface area contributed by atoms with Crippen molar-refractivity contribution in [1.29, 1.82) is 0 Å². The summed E-state index contributed by atoms with van der Waals surface area (Å²) in [4.78, 5) is 33.4. The van der Waals surface area contributed by atoms with E-state index in [0.717, 1.165) is 37.4 Å². The quantitative estimate of drug-likeness (QED) is 0.198. The van der Waals surface area contributed by atoms with Crippen LogP contribution in [0.3, 0.4) is 0 Å². The number of ketones is 1. The summed E-state index contributed by atoms with van der Waals surface area (Å²) in [6.45, 7) is 4.18. The van der Waals surface area contributed by atoms with Crippen LogP contribution in [0.15, 0.2) is 11.1 Å². The molecule has 5 fully saturated rings. The number of ether oxygens (including phenoxy) is 2. The molecule has 0 aromatic carbocycles. The first-order valence-corrected chi connectivity index (χ1v) is 15.5. The van der Waals surface area contributed by atoms with Gasteiger partial charge in [-0.15, -0.1) is 11.8 Å². The van der Waals surface area contributed by atoms with Crippen LogP contribution in [0.2, 0.25) is 0 Å². The molecular formula is C26H44N7O5S+. The van der Waals surface area contributed by atoms with Crippen molar-refractivity contribution in [1.82, 2.24) is 26.3 Å². The summed E-state index contributed by atoms with van der Waals surface area (Å²) >= 11 is 1.75. The summed E-state index contributed by atoms with van der Waals surface area (Å²) in [7, 11) is 0. The van der Waals surface area contributed by atoms with E-state index in [1.165, 1.54) is 12.8 Å². The maximum atomic E-state index is 12.9. The number of nitrogens with one attached hydrogen (secondary N) is 4. The summed E-state index contributed by atoms with van der Waals surface area (Å²) in [6, 6.07) is 0.484.